The fourth-order valence-electron chi connectivity index (χ4n) is 2.71. The van der Waals surface area contributed by atoms with Crippen LogP contribution in [0.15, 0.2) is 24.3 Å². The van der Waals surface area contributed by atoms with Gasteiger partial charge < -0.3 is 5.32 Å². The molecule has 0 aliphatic carbocycles. The van der Waals surface area contributed by atoms with E-state index in [4.69, 9.17) is 0 Å². The van der Waals surface area contributed by atoms with Gasteiger partial charge in [-0.25, -0.2) is 0 Å². The summed E-state index contributed by atoms with van der Waals surface area (Å²) in [6, 6.07) is 5.38. The summed E-state index contributed by atoms with van der Waals surface area (Å²) in [5, 5.41) is 3.09. The highest BCUT2D eigenvalue weighted by Crippen LogP contribution is 2.38. The second kappa shape index (κ2) is 7.20. The average molecular weight is 337 g/mol. The topological polar surface area (TPSA) is 15.3 Å². The Bertz CT molecular complexity index is 460. The zero-order valence-electron chi connectivity index (χ0n) is 13.2. The molecule has 6 heteroatoms. The van der Waals surface area contributed by atoms with Gasteiger partial charge in [0.25, 0.3) is 0 Å². The maximum absolute atomic E-state index is 13.5. The molecule has 2 nitrogen and oxygen atoms in total. The van der Waals surface area contributed by atoms with Crippen LogP contribution < -0.4 is 5.32 Å². The molecular formula is C16H24ClF3N2. The van der Waals surface area contributed by atoms with Gasteiger partial charge in [0.05, 0.1) is 0 Å². The molecule has 1 N–H and O–H groups in total. The van der Waals surface area contributed by atoms with E-state index in [2.05, 4.69) is 26.1 Å². The Hall–Kier alpha value is -0.780. The highest BCUT2D eigenvalue weighted by Gasteiger charge is 2.44. The first-order chi connectivity index (χ1) is 9.69. The molecule has 22 heavy (non-hydrogen) atoms. The van der Waals surface area contributed by atoms with Crippen LogP contribution in [0.3, 0.4) is 0 Å². The Balaban J connectivity index is 0.00000242. The Morgan fingerprint density at radius 2 is 1.50 bits per heavy atom. The van der Waals surface area contributed by atoms with Crippen molar-refractivity contribution >= 4 is 12.4 Å². The molecule has 1 aliphatic heterocycles. The lowest BCUT2D eigenvalue weighted by molar-refractivity contribution is -0.187. The molecule has 0 bridgehead atoms. The number of hydrogen-bond donors (Lipinski definition) is 1. The second-order valence-corrected chi connectivity index (χ2v) is 6.60. The van der Waals surface area contributed by atoms with E-state index in [0.717, 1.165) is 5.56 Å². The van der Waals surface area contributed by atoms with Gasteiger partial charge >= 0.3 is 6.18 Å². The zero-order chi connectivity index (χ0) is 15.7. The van der Waals surface area contributed by atoms with Gasteiger partial charge in [-0.1, -0.05) is 45.0 Å². The van der Waals surface area contributed by atoms with Crippen molar-refractivity contribution in [3.05, 3.63) is 35.4 Å². The minimum atomic E-state index is -4.25. The van der Waals surface area contributed by atoms with Crippen LogP contribution >= 0.6 is 12.4 Å². The zero-order valence-corrected chi connectivity index (χ0v) is 14.0. The molecule has 1 fully saturated rings. The molecule has 1 aliphatic rings. The van der Waals surface area contributed by atoms with Crippen molar-refractivity contribution < 1.29 is 13.2 Å². The minimum absolute atomic E-state index is 0. The third-order valence-electron chi connectivity index (χ3n) is 3.92. The maximum Gasteiger partial charge on any atom is 0.408 e. The summed E-state index contributed by atoms with van der Waals surface area (Å²) in [6.45, 7) is 8.22. The van der Waals surface area contributed by atoms with Crippen LogP contribution in [-0.2, 0) is 5.41 Å². The summed E-state index contributed by atoms with van der Waals surface area (Å²) in [5.41, 5.74) is 1.33. The predicted octanol–water partition coefficient (Wildman–Crippen LogP) is 3.91. The first-order valence-corrected chi connectivity index (χ1v) is 7.31. The summed E-state index contributed by atoms with van der Waals surface area (Å²) < 4.78 is 40.4. The average Bonchev–Trinajstić information content (AvgIpc) is 2.38. The molecule has 1 atom stereocenters. The van der Waals surface area contributed by atoms with Gasteiger partial charge in [0.1, 0.15) is 6.04 Å². The van der Waals surface area contributed by atoms with E-state index in [1.54, 1.807) is 12.1 Å². The number of nitrogens with zero attached hydrogens (tertiary/aromatic N) is 1. The van der Waals surface area contributed by atoms with Crippen molar-refractivity contribution in [1.29, 1.82) is 0 Å². The van der Waals surface area contributed by atoms with E-state index in [9.17, 15) is 13.2 Å². The molecular weight excluding hydrogens is 313 g/mol. The third kappa shape index (κ3) is 4.61. The number of piperazine rings is 1. The van der Waals surface area contributed by atoms with E-state index >= 15 is 0 Å². The number of benzene rings is 1. The summed E-state index contributed by atoms with van der Waals surface area (Å²) in [7, 11) is 0. The van der Waals surface area contributed by atoms with Crippen molar-refractivity contribution in [2.75, 3.05) is 26.2 Å². The fraction of sp³-hybridized carbons (Fsp3) is 0.625. The van der Waals surface area contributed by atoms with Crippen molar-refractivity contribution in [1.82, 2.24) is 10.2 Å². The van der Waals surface area contributed by atoms with Crippen LogP contribution in [-0.4, -0.2) is 37.3 Å². The lowest BCUT2D eigenvalue weighted by atomic mass is 9.86. The van der Waals surface area contributed by atoms with Crippen molar-refractivity contribution in [3.8, 4) is 0 Å². The van der Waals surface area contributed by atoms with E-state index < -0.39 is 12.2 Å². The Labute approximate surface area is 136 Å². The van der Waals surface area contributed by atoms with Crippen LogP contribution in [0.4, 0.5) is 13.2 Å². The molecule has 0 aromatic heterocycles. The van der Waals surface area contributed by atoms with Crippen LogP contribution in [0, 0.1) is 0 Å². The number of alkyl halides is 3. The smallest absolute Gasteiger partial charge is 0.314 e. The lowest BCUT2D eigenvalue weighted by Gasteiger charge is -2.36. The SMILES string of the molecule is CC(C)(C)c1ccc([C@H](N2CCNCC2)C(F)(F)F)cc1.Cl. The second-order valence-electron chi connectivity index (χ2n) is 6.60. The first-order valence-electron chi connectivity index (χ1n) is 7.31. The van der Waals surface area contributed by atoms with Crippen LogP contribution in [0.5, 0.6) is 0 Å². The third-order valence-corrected chi connectivity index (χ3v) is 3.92. The monoisotopic (exact) mass is 336 g/mol. The van der Waals surface area contributed by atoms with Crippen LogP contribution in [0.2, 0.25) is 0 Å². The minimum Gasteiger partial charge on any atom is -0.314 e. The molecule has 0 amide bonds. The highest BCUT2D eigenvalue weighted by molar-refractivity contribution is 5.85. The van der Waals surface area contributed by atoms with Crippen molar-refractivity contribution in [2.24, 2.45) is 0 Å². The molecule has 1 saturated heterocycles. The van der Waals surface area contributed by atoms with E-state index in [1.165, 1.54) is 4.90 Å². The number of rotatable bonds is 2. The van der Waals surface area contributed by atoms with Gasteiger partial charge in [-0.2, -0.15) is 13.2 Å². The molecule has 126 valence electrons. The summed E-state index contributed by atoms with van der Waals surface area (Å²) in [6.07, 6.45) is -4.25. The molecule has 1 aromatic carbocycles. The summed E-state index contributed by atoms with van der Waals surface area (Å²) >= 11 is 0. The molecule has 2 rings (SSSR count). The van der Waals surface area contributed by atoms with Gasteiger partial charge in [0.15, 0.2) is 0 Å². The molecule has 0 radical (unpaired) electrons. The number of halogens is 4. The lowest BCUT2D eigenvalue weighted by Crippen LogP contribution is -2.49. The van der Waals surface area contributed by atoms with Crippen LogP contribution in [0.1, 0.15) is 37.9 Å². The van der Waals surface area contributed by atoms with Crippen molar-refractivity contribution in [2.45, 2.75) is 38.4 Å². The predicted molar refractivity (Wildman–Crippen MR) is 85.6 cm³/mol. The molecule has 1 aromatic rings. The molecule has 1 heterocycles. The van der Waals surface area contributed by atoms with E-state index in [1.807, 2.05) is 12.1 Å². The number of hydrogen-bond acceptors (Lipinski definition) is 2. The fourth-order valence-corrected chi connectivity index (χ4v) is 2.71. The quantitative estimate of drug-likeness (QED) is 0.880. The molecule has 0 unspecified atom stereocenters. The van der Waals surface area contributed by atoms with Crippen molar-refractivity contribution in [3.63, 3.8) is 0 Å². The van der Waals surface area contributed by atoms with Gasteiger partial charge in [-0.3, -0.25) is 4.90 Å². The summed E-state index contributed by atoms with van der Waals surface area (Å²) in [5.74, 6) is 0. The largest absolute Gasteiger partial charge is 0.408 e. The van der Waals surface area contributed by atoms with Gasteiger partial charge in [0, 0.05) is 26.2 Å². The van der Waals surface area contributed by atoms with Gasteiger partial charge in [0.2, 0.25) is 0 Å². The molecule has 0 saturated carbocycles. The first kappa shape index (κ1) is 19.3. The standard InChI is InChI=1S/C16H23F3N2.ClH/c1-15(2,3)13-6-4-12(5-7-13)14(16(17,18)19)21-10-8-20-9-11-21;/h4-7,14,20H,8-11H2,1-3H3;1H/t14-;/m0./s1. The Morgan fingerprint density at radius 3 is 1.91 bits per heavy atom. The maximum atomic E-state index is 13.5. The van der Waals surface area contributed by atoms with E-state index in [-0.39, 0.29) is 17.8 Å². The van der Waals surface area contributed by atoms with E-state index in [0.29, 0.717) is 31.7 Å². The highest BCUT2D eigenvalue weighted by atomic mass is 35.5. The number of nitrogens with one attached hydrogen (secondary N) is 1. The Kier molecular flexibility index (Phi) is 6.30. The molecule has 0 spiro atoms. The summed E-state index contributed by atoms with van der Waals surface area (Å²) in [4.78, 5) is 1.52. The Morgan fingerprint density at radius 1 is 1.00 bits per heavy atom. The van der Waals surface area contributed by atoms with Crippen LogP contribution in [0.25, 0.3) is 0 Å². The van der Waals surface area contributed by atoms with Gasteiger partial charge in [-0.15, -0.1) is 12.4 Å². The van der Waals surface area contributed by atoms with Gasteiger partial charge in [-0.05, 0) is 16.5 Å². The normalized spacial score (nSPS) is 18.6.